The van der Waals surface area contributed by atoms with Gasteiger partial charge >= 0.3 is 0 Å². The monoisotopic (exact) mass is 419 g/mol. The number of thiocarbonyl (C=S) groups is 1. The number of morpholine rings is 1. The van der Waals surface area contributed by atoms with Crippen molar-refractivity contribution in [2.75, 3.05) is 45.3 Å². The minimum Gasteiger partial charge on any atom is -0.497 e. The minimum atomic E-state index is 0.190. The Morgan fingerprint density at radius 1 is 1.21 bits per heavy atom. The summed E-state index contributed by atoms with van der Waals surface area (Å²) in [5.74, 6) is 0.853. The second-order valence-electron chi connectivity index (χ2n) is 6.68. The van der Waals surface area contributed by atoms with Crippen molar-refractivity contribution in [3.8, 4) is 5.75 Å². The summed E-state index contributed by atoms with van der Waals surface area (Å²) >= 11 is 11.7. The fourth-order valence-corrected chi connectivity index (χ4v) is 3.64. The van der Waals surface area contributed by atoms with E-state index in [1.807, 2.05) is 37.3 Å². The molecule has 5 nitrogen and oxygen atoms in total. The van der Waals surface area contributed by atoms with Gasteiger partial charge in [0, 0.05) is 30.3 Å². The topological polar surface area (TPSA) is 45.8 Å². The maximum atomic E-state index is 6.20. The molecule has 1 atom stereocenters. The fourth-order valence-electron chi connectivity index (χ4n) is 3.27. The lowest BCUT2D eigenvalue weighted by atomic mass is 10.0. The highest BCUT2D eigenvalue weighted by atomic mass is 35.5. The number of anilines is 1. The smallest absolute Gasteiger partial charge is 0.170 e. The van der Waals surface area contributed by atoms with E-state index >= 15 is 0 Å². The van der Waals surface area contributed by atoms with Crippen LogP contribution in [0.3, 0.4) is 0 Å². The van der Waals surface area contributed by atoms with E-state index in [2.05, 4.69) is 27.7 Å². The first kappa shape index (κ1) is 20.9. The highest BCUT2D eigenvalue weighted by Gasteiger charge is 2.23. The zero-order valence-electron chi connectivity index (χ0n) is 16.2. The van der Waals surface area contributed by atoms with Crippen LogP contribution in [0.4, 0.5) is 5.69 Å². The maximum Gasteiger partial charge on any atom is 0.170 e. The first-order valence-electron chi connectivity index (χ1n) is 9.34. The Bertz CT molecular complexity index is 795. The zero-order valence-corrected chi connectivity index (χ0v) is 17.8. The van der Waals surface area contributed by atoms with Crippen molar-refractivity contribution in [2.45, 2.75) is 13.0 Å². The highest BCUT2D eigenvalue weighted by Crippen LogP contribution is 2.25. The van der Waals surface area contributed by atoms with Crippen LogP contribution in [0.2, 0.25) is 5.02 Å². The average molecular weight is 420 g/mol. The van der Waals surface area contributed by atoms with Crippen LogP contribution < -0.4 is 15.4 Å². The summed E-state index contributed by atoms with van der Waals surface area (Å²) in [6.45, 7) is 5.95. The van der Waals surface area contributed by atoms with Gasteiger partial charge in [-0.05, 0) is 54.5 Å². The molecule has 1 unspecified atom stereocenters. The molecule has 2 N–H and O–H groups in total. The number of halogens is 1. The normalized spacial score (nSPS) is 15.7. The molecule has 2 aromatic carbocycles. The number of rotatable bonds is 6. The molecule has 0 radical (unpaired) electrons. The summed E-state index contributed by atoms with van der Waals surface area (Å²) in [6, 6.07) is 14.2. The Morgan fingerprint density at radius 2 is 1.93 bits per heavy atom. The van der Waals surface area contributed by atoms with E-state index in [-0.39, 0.29) is 6.04 Å². The Morgan fingerprint density at radius 3 is 2.61 bits per heavy atom. The number of hydrogen-bond acceptors (Lipinski definition) is 4. The molecule has 2 aromatic rings. The van der Waals surface area contributed by atoms with E-state index in [1.54, 1.807) is 7.11 Å². The molecule has 7 heteroatoms. The largest absolute Gasteiger partial charge is 0.497 e. The van der Waals surface area contributed by atoms with Gasteiger partial charge < -0.3 is 20.1 Å². The molecule has 0 aromatic heterocycles. The third-order valence-electron chi connectivity index (χ3n) is 4.96. The zero-order chi connectivity index (χ0) is 19.9. The van der Waals surface area contributed by atoms with E-state index in [0.717, 1.165) is 48.3 Å². The molecule has 0 spiro atoms. The standard InChI is InChI=1S/C21H26ClN3O2S/c1-15-18(22)4-3-5-19(15)24-21(28)23-14-20(25-10-12-27-13-11-25)16-6-8-17(26-2)9-7-16/h3-9,20H,10-14H2,1-2H3,(H2,23,24,28). The van der Waals surface area contributed by atoms with Crippen molar-refractivity contribution in [1.82, 2.24) is 10.2 Å². The number of benzene rings is 2. The Balaban J connectivity index is 1.68. The van der Waals surface area contributed by atoms with Crippen LogP contribution in [0.25, 0.3) is 0 Å². The number of nitrogens with zero attached hydrogens (tertiary/aromatic N) is 1. The maximum absolute atomic E-state index is 6.20. The van der Waals surface area contributed by atoms with Gasteiger partial charge in [-0.2, -0.15) is 0 Å². The SMILES string of the molecule is COc1ccc(C(CNC(=S)Nc2cccc(Cl)c2C)N2CCOCC2)cc1. The Labute approximate surface area is 177 Å². The van der Waals surface area contributed by atoms with Crippen molar-refractivity contribution in [1.29, 1.82) is 0 Å². The number of hydrogen-bond donors (Lipinski definition) is 2. The van der Waals surface area contributed by atoms with E-state index < -0.39 is 0 Å². The molecule has 0 saturated carbocycles. The van der Waals surface area contributed by atoms with Crippen molar-refractivity contribution in [3.63, 3.8) is 0 Å². The molecule has 150 valence electrons. The Kier molecular flexibility index (Phi) is 7.50. The highest BCUT2D eigenvalue weighted by molar-refractivity contribution is 7.80. The summed E-state index contributed by atoms with van der Waals surface area (Å²) in [7, 11) is 1.68. The van der Waals surface area contributed by atoms with Crippen molar-refractivity contribution in [2.24, 2.45) is 0 Å². The van der Waals surface area contributed by atoms with Gasteiger partial charge in [-0.25, -0.2) is 0 Å². The van der Waals surface area contributed by atoms with Gasteiger partial charge in [0.1, 0.15) is 5.75 Å². The van der Waals surface area contributed by atoms with Crippen molar-refractivity contribution >= 4 is 34.6 Å². The predicted octanol–water partition coefficient (Wildman–Crippen LogP) is 4.02. The molecule has 1 heterocycles. The first-order chi connectivity index (χ1) is 13.6. The molecule has 1 aliphatic rings. The van der Waals surface area contributed by atoms with Gasteiger partial charge in [-0.15, -0.1) is 0 Å². The van der Waals surface area contributed by atoms with Crippen LogP contribution in [0.1, 0.15) is 17.2 Å². The molecule has 1 saturated heterocycles. The first-order valence-corrected chi connectivity index (χ1v) is 10.1. The second kappa shape index (κ2) is 10.1. The van der Waals surface area contributed by atoms with Gasteiger partial charge in [0.05, 0.1) is 26.4 Å². The molecule has 28 heavy (non-hydrogen) atoms. The molecule has 0 amide bonds. The average Bonchev–Trinajstić information content (AvgIpc) is 2.73. The predicted molar refractivity (Wildman–Crippen MR) is 119 cm³/mol. The molecule has 1 fully saturated rings. The molecular formula is C21H26ClN3O2S. The number of nitrogens with one attached hydrogen (secondary N) is 2. The summed E-state index contributed by atoms with van der Waals surface area (Å²) in [6.07, 6.45) is 0. The third kappa shape index (κ3) is 5.35. The van der Waals surface area contributed by atoms with Crippen LogP contribution in [-0.2, 0) is 4.74 Å². The van der Waals surface area contributed by atoms with E-state index in [1.165, 1.54) is 5.56 Å². The quantitative estimate of drug-likeness (QED) is 0.689. The van der Waals surface area contributed by atoms with Gasteiger partial charge in [0.15, 0.2) is 5.11 Å². The molecule has 1 aliphatic heterocycles. The molecular weight excluding hydrogens is 394 g/mol. The van der Waals surface area contributed by atoms with Gasteiger partial charge in [-0.3, -0.25) is 4.90 Å². The van der Waals surface area contributed by atoms with Crippen LogP contribution in [0.5, 0.6) is 5.75 Å². The van der Waals surface area contributed by atoms with E-state index in [9.17, 15) is 0 Å². The van der Waals surface area contributed by atoms with Crippen molar-refractivity contribution in [3.05, 3.63) is 58.6 Å². The molecule has 3 rings (SSSR count). The van der Waals surface area contributed by atoms with Crippen molar-refractivity contribution < 1.29 is 9.47 Å². The number of ether oxygens (including phenoxy) is 2. The lowest BCUT2D eigenvalue weighted by molar-refractivity contribution is 0.0170. The second-order valence-corrected chi connectivity index (χ2v) is 7.50. The lowest BCUT2D eigenvalue weighted by Gasteiger charge is -2.35. The van der Waals surface area contributed by atoms with Crippen LogP contribution >= 0.6 is 23.8 Å². The third-order valence-corrected chi connectivity index (χ3v) is 5.61. The summed E-state index contributed by atoms with van der Waals surface area (Å²) in [5, 5.41) is 7.92. The Hall–Kier alpha value is -1.86. The fraction of sp³-hybridized carbons (Fsp3) is 0.381. The summed E-state index contributed by atoms with van der Waals surface area (Å²) < 4.78 is 10.8. The molecule has 0 bridgehead atoms. The van der Waals surface area contributed by atoms with Gasteiger partial charge in [0.25, 0.3) is 0 Å². The van der Waals surface area contributed by atoms with Gasteiger partial charge in [0.2, 0.25) is 0 Å². The number of methoxy groups -OCH3 is 1. The van der Waals surface area contributed by atoms with Gasteiger partial charge in [-0.1, -0.05) is 29.8 Å². The summed E-state index contributed by atoms with van der Waals surface area (Å²) in [5.41, 5.74) is 3.11. The van der Waals surface area contributed by atoms with Crippen LogP contribution in [-0.4, -0.2) is 50.0 Å². The van der Waals surface area contributed by atoms with E-state index in [0.29, 0.717) is 11.7 Å². The summed E-state index contributed by atoms with van der Waals surface area (Å²) in [4.78, 5) is 2.42. The minimum absolute atomic E-state index is 0.190. The van der Waals surface area contributed by atoms with Crippen LogP contribution in [0.15, 0.2) is 42.5 Å². The molecule has 0 aliphatic carbocycles. The lowest BCUT2D eigenvalue weighted by Crippen LogP contribution is -2.44. The van der Waals surface area contributed by atoms with E-state index in [4.69, 9.17) is 33.3 Å². The van der Waals surface area contributed by atoms with Crippen LogP contribution in [0, 0.1) is 6.92 Å².